The van der Waals surface area contributed by atoms with Crippen LogP contribution in [0.4, 0.5) is 0 Å². The van der Waals surface area contributed by atoms with Gasteiger partial charge in [0, 0.05) is 10.0 Å². The van der Waals surface area contributed by atoms with Gasteiger partial charge in [0.15, 0.2) is 5.15 Å². The standard InChI is InChI=1S/C10H5Br2ClN2/c11-7-3-1-6(2-4-7)9-5-8(12)10(13)15-14-9/h1-5H. The second kappa shape index (κ2) is 4.60. The van der Waals surface area contributed by atoms with Crippen LogP contribution in [0.1, 0.15) is 0 Å². The van der Waals surface area contributed by atoms with E-state index in [2.05, 4.69) is 42.1 Å². The van der Waals surface area contributed by atoms with E-state index in [1.54, 1.807) is 0 Å². The molecule has 0 aliphatic rings. The van der Waals surface area contributed by atoms with Gasteiger partial charge in [0.25, 0.3) is 0 Å². The van der Waals surface area contributed by atoms with Crippen molar-refractivity contribution in [1.29, 1.82) is 0 Å². The summed E-state index contributed by atoms with van der Waals surface area (Å²) >= 11 is 12.5. The van der Waals surface area contributed by atoms with Crippen molar-refractivity contribution in [2.75, 3.05) is 0 Å². The molecule has 0 unspecified atom stereocenters. The lowest BCUT2D eigenvalue weighted by Gasteiger charge is -2.01. The van der Waals surface area contributed by atoms with Crippen molar-refractivity contribution in [3.63, 3.8) is 0 Å². The van der Waals surface area contributed by atoms with E-state index < -0.39 is 0 Å². The molecule has 0 aliphatic carbocycles. The van der Waals surface area contributed by atoms with E-state index in [1.165, 1.54) is 0 Å². The third kappa shape index (κ3) is 2.56. The molecule has 0 spiro atoms. The van der Waals surface area contributed by atoms with Crippen LogP contribution in [0, 0.1) is 0 Å². The number of nitrogens with zero attached hydrogens (tertiary/aromatic N) is 2. The summed E-state index contributed by atoms with van der Waals surface area (Å²) in [7, 11) is 0. The predicted molar refractivity (Wildman–Crippen MR) is 67.9 cm³/mol. The van der Waals surface area contributed by atoms with Gasteiger partial charge in [0.2, 0.25) is 0 Å². The van der Waals surface area contributed by atoms with Crippen LogP contribution >= 0.6 is 43.5 Å². The molecule has 0 fully saturated rings. The van der Waals surface area contributed by atoms with E-state index in [1.807, 2.05) is 30.3 Å². The van der Waals surface area contributed by atoms with Gasteiger partial charge in [-0.15, -0.1) is 10.2 Å². The fraction of sp³-hybridized carbons (Fsp3) is 0. The van der Waals surface area contributed by atoms with Crippen LogP contribution in [0.5, 0.6) is 0 Å². The Morgan fingerprint density at radius 2 is 1.67 bits per heavy atom. The molecule has 0 bridgehead atoms. The van der Waals surface area contributed by atoms with E-state index in [4.69, 9.17) is 11.6 Å². The average Bonchev–Trinajstić information content (AvgIpc) is 2.23. The molecule has 0 saturated heterocycles. The maximum atomic E-state index is 5.77. The van der Waals surface area contributed by atoms with Gasteiger partial charge in [-0.25, -0.2) is 0 Å². The molecule has 1 aromatic carbocycles. The number of halogens is 3. The summed E-state index contributed by atoms with van der Waals surface area (Å²) in [4.78, 5) is 0. The molecule has 2 rings (SSSR count). The smallest absolute Gasteiger partial charge is 0.149 e. The molecule has 5 heteroatoms. The monoisotopic (exact) mass is 346 g/mol. The van der Waals surface area contributed by atoms with Gasteiger partial charge in [-0.1, -0.05) is 39.7 Å². The minimum atomic E-state index is 0.371. The first kappa shape index (κ1) is 11.0. The Morgan fingerprint density at radius 3 is 2.27 bits per heavy atom. The van der Waals surface area contributed by atoms with Gasteiger partial charge >= 0.3 is 0 Å². The summed E-state index contributed by atoms with van der Waals surface area (Å²) in [6, 6.07) is 9.69. The first-order valence-electron chi connectivity index (χ1n) is 4.11. The molecule has 0 N–H and O–H groups in total. The average molecular weight is 348 g/mol. The van der Waals surface area contributed by atoms with E-state index in [0.717, 1.165) is 20.2 Å². The highest BCUT2D eigenvalue weighted by atomic mass is 79.9. The Balaban J connectivity index is 2.45. The van der Waals surface area contributed by atoms with Gasteiger partial charge < -0.3 is 0 Å². The summed E-state index contributed by atoms with van der Waals surface area (Å²) in [6.45, 7) is 0. The summed E-state index contributed by atoms with van der Waals surface area (Å²) in [5, 5.41) is 8.22. The van der Waals surface area contributed by atoms with E-state index >= 15 is 0 Å². The molecule has 0 aliphatic heterocycles. The fourth-order valence-electron chi connectivity index (χ4n) is 1.12. The van der Waals surface area contributed by atoms with Crippen LogP contribution in [-0.4, -0.2) is 10.2 Å². The van der Waals surface area contributed by atoms with Crippen LogP contribution < -0.4 is 0 Å². The fourth-order valence-corrected chi connectivity index (χ4v) is 1.77. The molecule has 1 aromatic heterocycles. The zero-order chi connectivity index (χ0) is 10.8. The highest BCUT2D eigenvalue weighted by Gasteiger charge is 2.04. The second-order valence-corrected chi connectivity index (χ2v) is 5.00. The first-order valence-corrected chi connectivity index (χ1v) is 6.08. The van der Waals surface area contributed by atoms with Crippen LogP contribution in [0.15, 0.2) is 39.3 Å². The van der Waals surface area contributed by atoms with Crippen LogP contribution in [-0.2, 0) is 0 Å². The Morgan fingerprint density at radius 1 is 1.00 bits per heavy atom. The first-order chi connectivity index (χ1) is 7.16. The van der Waals surface area contributed by atoms with E-state index in [9.17, 15) is 0 Å². The molecule has 0 atom stereocenters. The van der Waals surface area contributed by atoms with Gasteiger partial charge in [-0.05, 0) is 34.1 Å². The molecular weight excluding hydrogens is 343 g/mol. The molecular formula is C10H5Br2ClN2. The number of rotatable bonds is 1. The highest BCUT2D eigenvalue weighted by molar-refractivity contribution is 9.10. The third-order valence-corrected chi connectivity index (χ3v) is 3.49. The summed E-state index contributed by atoms with van der Waals surface area (Å²) in [5.74, 6) is 0. The van der Waals surface area contributed by atoms with Crippen molar-refractivity contribution in [1.82, 2.24) is 10.2 Å². The molecule has 0 radical (unpaired) electrons. The van der Waals surface area contributed by atoms with Crippen molar-refractivity contribution < 1.29 is 0 Å². The topological polar surface area (TPSA) is 25.8 Å². The predicted octanol–water partition coefficient (Wildman–Crippen LogP) is 4.32. The molecule has 2 aromatic rings. The van der Waals surface area contributed by atoms with Crippen molar-refractivity contribution in [2.24, 2.45) is 0 Å². The van der Waals surface area contributed by atoms with Crippen molar-refractivity contribution in [3.05, 3.63) is 44.4 Å². The summed E-state index contributed by atoms with van der Waals surface area (Å²) < 4.78 is 1.78. The van der Waals surface area contributed by atoms with Gasteiger partial charge in [-0.3, -0.25) is 0 Å². The molecule has 2 nitrogen and oxygen atoms in total. The molecule has 0 saturated carbocycles. The van der Waals surface area contributed by atoms with Gasteiger partial charge in [0.05, 0.1) is 10.2 Å². The Bertz CT molecular complexity index is 485. The van der Waals surface area contributed by atoms with Gasteiger partial charge in [-0.2, -0.15) is 0 Å². The van der Waals surface area contributed by atoms with Crippen molar-refractivity contribution in [3.8, 4) is 11.3 Å². The lowest BCUT2D eigenvalue weighted by atomic mass is 10.1. The van der Waals surface area contributed by atoms with Crippen LogP contribution in [0.25, 0.3) is 11.3 Å². The lowest BCUT2D eigenvalue weighted by molar-refractivity contribution is 1.03. The molecule has 15 heavy (non-hydrogen) atoms. The largest absolute Gasteiger partial charge is 0.165 e. The second-order valence-electron chi connectivity index (χ2n) is 2.88. The summed E-state index contributed by atoms with van der Waals surface area (Å²) in [6.07, 6.45) is 0. The normalized spacial score (nSPS) is 10.3. The third-order valence-electron chi connectivity index (χ3n) is 1.85. The van der Waals surface area contributed by atoms with Crippen molar-refractivity contribution in [2.45, 2.75) is 0 Å². The lowest BCUT2D eigenvalue weighted by Crippen LogP contribution is -1.88. The SMILES string of the molecule is Clc1nnc(-c2ccc(Br)cc2)cc1Br. The van der Waals surface area contributed by atoms with Gasteiger partial charge in [0.1, 0.15) is 0 Å². The van der Waals surface area contributed by atoms with Crippen molar-refractivity contribution >= 4 is 43.5 Å². The number of hydrogen-bond donors (Lipinski definition) is 0. The highest BCUT2D eigenvalue weighted by Crippen LogP contribution is 2.25. The molecule has 76 valence electrons. The summed E-state index contributed by atoms with van der Waals surface area (Å²) in [5.41, 5.74) is 1.79. The zero-order valence-corrected chi connectivity index (χ0v) is 11.3. The Labute approximate surface area is 109 Å². The zero-order valence-electron chi connectivity index (χ0n) is 7.42. The number of aromatic nitrogens is 2. The molecule has 0 amide bonds. The van der Waals surface area contributed by atoms with Crippen LogP contribution in [0.3, 0.4) is 0 Å². The number of hydrogen-bond acceptors (Lipinski definition) is 2. The Hall–Kier alpha value is -0.450. The van der Waals surface area contributed by atoms with Crippen LogP contribution in [0.2, 0.25) is 5.15 Å². The van der Waals surface area contributed by atoms with E-state index in [-0.39, 0.29) is 0 Å². The maximum Gasteiger partial charge on any atom is 0.165 e. The maximum absolute atomic E-state index is 5.77. The number of benzene rings is 1. The minimum Gasteiger partial charge on any atom is -0.149 e. The molecule has 1 heterocycles. The minimum absolute atomic E-state index is 0.371. The Kier molecular flexibility index (Phi) is 3.38. The van der Waals surface area contributed by atoms with E-state index in [0.29, 0.717) is 5.15 Å². The quantitative estimate of drug-likeness (QED) is 0.767.